The number of hydrogen-bond acceptors (Lipinski definition) is 4. The molecule has 0 aliphatic heterocycles. The molecule has 5 nitrogen and oxygen atoms in total. The zero-order valence-corrected chi connectivity index (χ0v) is 17.3. The smallest absolute Gasteiger partial charge is 0.246 e. The molecule has 0 N–H and O–H groups in total. The van der Waals surface area contributed by atoms with E-state index in [2.05, 4.69) is 43.0 Å². The van der Waals surface area contributed by atoms with E-state index < -0.39 is 0 Å². The van der Waals surface area contributed by atoms with Gasteiger partial charge in [0.1, 0.15) is 0 Å². The second kappa shape index (κ2) is 8.15. The molecule has 0 aliphatic carbocycles. The second-order valence-electron chi connectivity index (χ2n) is 7.90. The molecule has 2 aromatic carbocycles. The molecule has 3 aromatic rings. The number of carbonyl (C=O) groups is 1. The third-order valence-corrected chi connectivity index (χ3v) is 4.75. The molecule has 0 bridgehead atoms. The van der Waals surface area contributed by atoms with Crippen LogP contribution in [0.5, 0.6) is 0 Å². The summed E-state index contributed by atoms with van der Waals surface area (Å²) in [6.07, 6.45) is 0.270. The maximum absolute atomic E-state index is 12.4. The average molecular weight is 398 g/mol. The van der Waals surface area contributed by atoms with Crippen LogP contribution in [0.25, 0.3) is 11.4 Å². The van der Waals surface area contributed by atoms with Gasteiger partial charge in [-0.1, -0.05) is 73.9 Å². The first kappa shape index (κ1) is 20.1. The van der Waals surface area contributed by atoms with Crippen LogP contribution in [0, 0.1) is 0 Å². The topological polar surface area (TPSA) is 59.2 Å². The minimum Gasteiger partial charge on any atom is -0.337 e. The monoisotopic (exact) mass is 397 g/mol. The number of aromatic nitrogens is 2. The molecule has 28 heavy (non-hydrogen) atoms. The largest absolute Gasteiger partial charge is 0.337 e. The van der Waals surface area contributed by atoms with Gasteiger partial charge in [-0.3, -0.25) is 4.79 Å². The van der Waals surface area contributed by atoms with E-state index in [1.165, 1.54) is 5.56 Å². The van der Waals surface area contributed by atoms with Crippen molar-refractivity contribution < 1.29 is 9.32 Å². The van der Waals surface area contributed by atoms with Gasteiger partial charge in [-0.2, -0.15) is 4.98 Å². The molecule has 0 unspecified atom stereocenters. The fourth-order valence-electron chi connectivity index (χ4n) is 2.80. The van der Waals surface area contributed by atoms with Crippen LogP contribution < -0.4 is 0 Å². The van der Waals surface area contributed by atoms with Gasteiger partial charge in [0, 0.05) is 17.6 Å². The molecule has 0 spiro atoms. The average Bonchev–Trinajstić information content (AvgIpc) is 3.09. The normalized spacial score (nSPS) is 11.5. The van der Waals surface area contributed by atoms with Gasteiger partial charge < -0.3 is 9.42 Å². The molecular formula is C22H24ClN3O2. The Labute approximate surface area is 170 Å². The molecule has 1 amide bonds. The van der Waals surface area contributed by atoms with E-state index in [1.807, 2.05) is 24.3 Å². The summed E-state index contributed by atoms with van der Waals surface area (Å²) in [5.74, 6) is 0.875. The van der Waals surface area contributed by atoms with Crippen molar-refractivity contribution in [2.45, 2.75) is 39.2 Å². The van der Waals surface area contributed by atoms with Gasteiger partial charge in [-0.25, -0.2) is 0 Å². The number of likely N-dealkylation sites (N-methyl/N-ethyl adjacent to an activating group) is 1. The van der Waals surface area contributed by atoms with E-state index in [0.29, 0.717) is 16.7 Å². The van der Waals surface area contributed by atoms with Crippen LogP contribution in [0.3, 0.4) is 0 Å². The van der Waals surface area contributed by atoms with Crippen LogP contribution in [0.4, 0.5) is 0 Å². The standard InChI is InChI=1S/C22H24ClN3O2/c1-22(2,3)17-10-8-16(9-11-17)21-24-19(28-25-21)14-26(4)20(27)13-15-6-5-7-18(23)12-15/h5-12H,13-14H2,1-4H3. The molecule has 0 aliphatic rings. The third-order valence-electron chi connectivity index (χ3n) is 4.52. The van der Waals surface area contributed by atoms with Crippen LogP contribution in [0.2, 0.25) is 5.02 Å². The Hall–Kier alpha value is -2.66. The molecule has 0 saturated carbocycles. The van der Waals surface area contributed by atoms with Gasteiger partial charge in [0.25, 0.3) is 0 Å². The first-order valence-electron chi connectivity index (χ1n) is 9.14. The van der Waals surface area contributed by atoms with Crippen molar-refractivity contribution in [2.24, 2.45) is 0 Å². The Morgan fingerprint density at radius 2 is 1.86 bits per heavy atom. The Kier molecular flexibility index (Phi) is 5.84. The molecular weight excluding hydrogens is 374 g/mol. The molecule has 0 saturated heterocycles. The van der Waals surface area contributed by atoms with Crippen molar-refractivity contribution in [1.29, 1.82) is 0 Å². The lowest BCUT2D eigenvalue weighted by molar-refractivity contribution is -0.130. The lowest BCUT2D eigenvalue weighted by atomic mass is 9.87. The fourth-order valence-corrected chi connectivity index (χ4v) is 3.02. The first-order chi connectivity index (χ1) is 13.2. The van der Waals surface area contributed by atoms with Gasteiger partial charge in [-0.15, -0.1) is 0 Å². The Bertz CT molecular complexity index is 958. The van der Waals surface area contributed by atoms with Crippen LogP contribution in [0.15, 0.2) is 53.1 Å². The van der Waals surface area contributed by atoms with E-state index in [4.69, 9.17) is 16.1 Å². The number of nitrogens with zero attached hydrogens (tertiary/aromatic N) is 3. The summed E-state index contributed by atoms with van der Waals surface area (Å²) in [4.78, 5) is 18.4. The van der Waals surface area contributed by atoms with Gasteiger partial charge in [0.05, 0.1) is 13.0 Å². The predicted molar refractivity (Wildman–Crippen MR) is 110 cm³/mol. The van der Waals surface area contributed by atoms with Crippen LogP contribution in [0.1, 0.15) is 37.8 Å². The summed E-state index contributed by atoms with van der Waals surface area (Å²) in [5.41, 5.74) is 3.09. The highest BCUT2D eigenvalue weighted by molar-refractivity contribution is 6.30. The van der Waals surface area contributed by atoms with Crippen molar-refractivity contribution in [3.8, 4) is 11.4 Å². The van der Waals surface area contributed by atoms with Crippen molar-refractivity contribution in [3.63, 3.8) is 0 Å². The second-order valence-corrected chi connectivity index (χ2v) is 8.33. The lowest BCUT2D eigenvalue weighted by Gasteiger charge is -2.18. The zero-order valence-electron chi connectivity index (χ0n) is 16.6. The molecule has 6 heteroatoms. The van der Waals surface area contributed by atoms with Crippen molar-refractivity contribution in [3.05, 3.63) is 70.6 Å². The summed E-state index contributed by atoms with van der Waals surface area (Å²) in [6, 6.07) is 15.4. The molecule has 0 fully saturated rings. The molecule has 0 radical (unpaired) electrons. The van der Waals surface area contributed by atoms with E-state index in [0.717, 1.165) is 11.1 Å². The molecule has 1 aromatic heterocycles. The Morgan fingerprint density at radius 3 is 2.50 bits per heavy atom. The van der Waals surface area contributed by atoms with E-state index in [1.54, 1.807) is 24.1 Å². The maximum Gasteiger partial charge on any atom is 0.246 e. The van der Waals surface area contributed by atoms with Gasteiger partial charge >= 0.3 is 0 Å². The third kappa shape index (κ3) is 4.98. The quantitative estimate of drug-likeness (QED) is 0.615. The molecule has 0 atom stereocenters. The summed E-state index contributed by atoms with van der Waals surface area (Å²) in [5, 5.41) is 4.66. The SMILES string of the molecule is CN(Cc1nc(-c2ccc(C(C)(C)C)cc2)no1)C(=O)Cc1cccc(Cl)c1. The first-order valence-corrected chi connectivity index (χ1v) is 9.52. The minimum atomic E-state index is -0.0449. The fraction of sp³-hybridized carbons (Fsp3) is 0.318. The van der Waals surface area contributed by atoms with Crippen molar-refractivity contribution in [2.75, 3.05) is 7.05 Å². The summed E-state index contributed by atoms with van der Waals surface area (Å²) in [7, 11) is 1.72. The van der Waals surface area contributed by atoms with Crippen LogP contribution in [-0.2, 0) is 23.2 Å². The van der Waals surface area contributed by atoms with E-state index in [-0.39, 0.29) is 24.3 Å². The number of carbonyl (C=O) groups excluding carboxylic acids is 1. The highest BCUT2D eigenvalue weighted by Crippen LogP contribution is 2.25. The number of benzene rings is 2. The highest BCUT2D eigenvalue weighted by Gasteiger charge is 2.17. The summed E-state index contributed by atoms with van der Waals surface area (Å²) in [6.45, 7) is 6.77. The number of halogens is 1. The Balaban J connectivity index is 1.64. The van der Waals surface area contributed by atoms with Crippen LogP contribution >= 0.6 is 11.6 Å². The number of amides is 1. The van der Waals surface area contributed by atoms with Crippen molar-refractivity contribution >= 4 is 17.5 Å². The van der Waals surface area contributed by atoms with Crippen LogP contribution in [-0.4, -0.2) is 28.0 Å². The maximum atomic E-state index is 12.4. The summed E-state index contributed by atoms with van der Waals surface area (Å²) >= 11 is 5.98. The molecule has 3 rings (SSSR count). The zero-order chi connectivity index (χ0) is 20.3. The summed E-state index contributed by atoms with van der Waals surface area (Å²) < 4.78 is 5.33. The van der Waals surface area contributed by atoms with E-state index >= 15 is 0 Å². The molecule has 1 heterocycles. The Morgan fingerprint density at radius 1 is 1.14 bits per heavy atom. The van der Waals surface area contributed by atoms with Gasteiger partial charge in [0.2, 0.25) is 17.6 Å². The highest BCUT2D eigenvalue weighted by atomic mass is 35.5. The predicted octanol–water partition coefficient (Wildman–Crippen LogP) is 4.89. The number of hydrogen-bond donors (Lipinski definition) is 0. The minimum absolute atomic E-state index is 0.0449. The van der Waals surface area contributed by atoms with Gasteiger partial charge in [0.15, 0.2) is 0 Å². The van der Waals surface area contributed by atoms with Crippen molar-refractivity contribution in [1.82, 2.24) is 15.0 Å². The lowest BCUT2D eigenvalue weighted by Crippen LogP contribution is -2.27. The molecule has 146 valence electrons. The number of rotatable bonds is 5. The van der Waals surface area contributed by atoms with Gasteiger partial charge in [-0.05, 0) is 28.7 Å². The van der Waals surface area contributed by atoms with E-state index in [9.17, 15) is 4.79 Å².